The first-order valence-corrected chi connectivity index (χ1v) is 3.62. The van der Waals surface area contributed by atoms with Crippen LogP contribution in [0.5, 0.6) is 0 Å². The van der Waals surface area contributed by atoms with E-state index < -0.39 is 6.10 Å². The van der Waals surface area contributed by atoms with Crippen LogP contribution in [0.1, 0.15) is 27.2 Å². The van der Waals surface area contributed by atoms with Gasteiger partial charge in [0.05, 0.1) is 0 Å². The van der Waals surface area contributed by atoms with Crippen LogP contribution in [-0.2, 0) is 5.11 Å². The Kier molecular flexibility index (Phi) is 2.99. The van der Waals surface area contributed by atoms with Crippen LogP contribution in [0.15, 0.2) is 0 Å². The molecule has 0 aliphatic carbocycles. The predicted molar refractivity (Wildman–Crippen MR) is 37.8 cm³/mol. The lowest BCUT2D eigenvalue weighted by Crippen LogP contribution is -2.27. The number of rotatable bonds is 2. The van der Waals surface area contributed by atoms with E-state index in [0.717, 1.165) is 0 Å². The molecule has 0 rings (SSSR count). The summed E-state index contributed by atoms with van der Waals surface area (Å²) in [6, 6.07) is 0. The molecule has 0 fully saturated rings. The summed E-state index contributed by atoms with van der Waals surface area (Å²) in [4.78, 5) is 0. The predicted octanol–water partition coefficient (Wildman–Crippen LogP) is 2.37. The molecule has 0 aromatic carbocycles. The van der Waals surface area contributed by atoms with Gasteiger partial charge in [-0.3, -0.25) is 0 Å². The third-order valence-electron chi connectivity index (χ3n) is 1.14. The molecule has 0 heterocycles. The van der Waals surface area contributed by atoms with Gasteiger partial charge in [-0.15, -0.1) is 0 Å². The molecule has 1 atom stereocenters. The van der Waals surface area contributed by atoms with Crippen LogP contribution in [0.4, 0.5) is 0 Å². The molecule has 0 aromatic rings. The van der Waals surface area contributed by atoms with Gasteiger partial charge in [-0.25, -0.2) is 5.11 Å². The summed E-state index contributed by atoms with van der Waals surface area (Å²) in [5.74, 6) is 0. The quantitative estimate of drug-likeness (QED) is 0.581. The molecule has 0 spiro atoms. The van der Waals surface area contributed by atoms with Crippen molar-refractivity contribution in [3.05, 3.63) is 0 Å². The van der Waals surface area contributed by atoms with Crippen LogP contribution in [0.25, 0.3) is 0 Å². The molecule has 0 aromatic heterocycles. The molecular formula is C6H12BrO. The Morgan fingerprint density at radius 2 is 2.00 bits per heavy atom. The highest BCUT2D eigenvalue weighted by atomic mass is 79.9. The Balaban J connectivity index is 3.62. The SMILES string of the molecule is CCC([O])C(C)(C)Br. The molecule has 2 heteroatoms. The summed E-state index contributed by atoms with van der Waals surface area (Å²) in [5, 5.41) is 10.9. The minimum absolute atomic E-state index is 0.234. The molecule has 0 saturated carbocycles. The van der Waals surface area contributed by atoms with Crippen molar-refractivity contribution in [1.29, 1.82) is 0 Å². The zero-order valence-electron chi connectivity index (χ0n) is 5.57. The molecule has 8 heavy (non-hydrogen) atoms. The van der Waals surface area contributed by atoms with Crippen LogP contribution in [0.2, 0.25) is 0 Å². The lowest BCUT2D eigenvalue weighted by Gasteiger charge is -2.19. The first-order valence-electron chi connectivity index (χ1n) is 2.83. The van der Waals surface area contributed by atoms with Gasteiger partial charge in [-0.2, -0.15) is 0 Å². The average Bonchev–Trinajstić information content (AvgIpc) is 1.62. The second-order valence-corrected chi connectivity index (χ2v) is 4.51. The van der Waals surface area contributed by atoms with Gasteiger partial charge in [0.1, 0.15) is 6.10 Å². The fourth-order valence-electron chi connectivity index (χ4n) is 0.485. The van der Waals surface area contributed by atoms with E-state index >= 15 is 0 Å². The van der Waals surface area contributed by atoms with Gasteiger partial charge in [0.15, 0.2) is 0 Å². The van der Waals surface area contributed by atoms with Crippen LogP contribution >= 0.6 is 15.9 Å². The first kappa shape index (κ1) is 8.44. The van der Waals surface area contributed by atoms with Crippen LogP contribution in [-0.4, -0.2) is 10.4 Å². The highest BCUT2D eigenvalue weighted by Crippen LogP contribution is 2.22. The monoisotopic (exact) mass is 179 g/mol. The minimum Gasteiger partial charge on any atom is -0.232 e. The maximum Gasteiger partial charge on any atom is 0.107 e. The topological polar surface area (TPSA) is 19.9 Å². The molecule has 0 aliphatic rings. The normalized spacial score (nSPS) is 16.1. The second kappa shape index (κ2) is 2.83. The van der Waals surface area contributed by atoms with Crippen molar-refractivity contribution in [3.63, 3.8) is 0 Å². The molecule has 1 nitrogen and oxygen atoms in total. The van der Waals surface area contributed by atoms with E-state index in [2.05, 4.69) is 15.9 Å². The van der Waals surface area contributed by atoms with Crippen molar-refractivity contribution in [3.8, 4) is 0 Å². The fraction of sp³-hybridized carbons (Fsp3) is 1.00. The molecule has 0 aliphatic heterocycles. The maximum absolute atomic E-state index is 10.9. The summed E-state index contributed by atoms with van der Waals surface area (Å²) in [6.07, 6.45) is 0.209. The van der Waals surface area contributed by atoms with Crippen molar-refractivity contribution in [2.24, 2.45) is 0 Å². The van der Waals surface area contributed by atoms with Crippen molar-refractivity contribution < 1.29 is 5.11 Å². The van der Waals surface area contributed by atoms with E-state index in [9.17, 15) is 5.11 Å². The minimum atomic E-state index is -0.484. The summed E-state index contributed by atoms with van der Waals surface area (Å²) in [7, 11) is 0. The van der Waals surface area contributed by atoms with Gasteiger partial charge >= 0.3 is 0 Å². The fourth-order valence-corrected chi connectivity index (χ4v) is 0.809. The molecule has 1 unspecified atom stereocenters. The van der Waals surface area contributed by atoms with Gasteiger partial charge in [-0.05, 0) is 20.3 Å². The van der Waals surface area contributed by atoms with Gasteiger partial charge in [0, 0.05) is 4.32 Å². The zero-order chi connectivity index (χ0) is 6.78. The number of alkyl halides is 1. The van der Waals surface area contributed by atoms with Gasteiger partial charge in [0.2, 0.25) is 0 Å². The zero-order valence-corrected chi connectivity index (χ0v) is 7.16. The summed E-state index contributed by atoms with van der Waals surface area (Å²) in [6.45, 7) is 5.70. The van der Waals surface area contributed by atoms with E-state index in [1.54, 1.807) is 0 Å². The van der Waals surface area contributed by atoms with Crippen LogP contribution < -0.4 is 0 Å². The van der Waals surface area contributed by atoms with E-state index in [1.165, 1.54) is 0 Å². The standard InChI is InChI=1S/C6H12BrO/c1-4-5(8)6(2,3)7/h5H,4H2,1-3H3. The Morgan fingerprint density at radius 3 is 2.00 bits per heavy atom. The third-order valence-corrected chi connectivity index (χ3v) is 1.65. The summed E-state index contributed by atoms with van der Waals surface area (Å²) >= 11 is 3.29. The Bertz CT molecular complexity index is 65.4. The number of halogens is 1. The van der Waals surface area contributed by atoms with Gasteiger partial charge in [-0.1, -0.05) is 22.9 Å². The molecule has 0 bridgehead atoms. The third kappa shape index (κ3) is 2.68. The van der Waals surface area contributed by atoms with E-state index in [0.29, 0.717) is 6.42 Å². The highest BCUT2D eigenvalue weighted by Gasteiger charge is 2.23. The van der Waals surface area contributed by atoms with E-state index in [1.807, 2.05) is 20.8 Å². The van der Waals surface area contributed by atoms with E-state index in [4.69, 9.17) is 0 Å². The smallest absolute Gasteiger partial charge is 0.107 e. The van der Waals surface area contributed by atoms with Crippen LogP contribution in [0, 0.1) is 0 Å². The second-order valence-electron chi connectivity index (χ2n) is 2.46. The molecule has 0 saturated heterocycles. The Morgan fingerprint density at radius 1 is 1.62 bits per heavy atom. The lowest BCUT2D eigenvalue weighted by molar-refractivity contribution is 0.0626. The maximum atomic E-state index is 10.9. The van der Waals surface area contributed by atoms with Crippen molar-refractivity contribution in [2.45, 2.75) is 37.6 Å². The Labute approximate surface area is 59.2 Å². The highest BCUT2D eigenvalue weighted by molar-refractivity contribution is 9.10. The van der Waals surface area contributed by atoms with Crippen molar-refractivity contribution in [1.82, 2.24) is 0 Å². The van der Waals surface area contributed by atoms with Crippen molar-refractivity contribution in [2.75, 3.05) is 0 Å². The van der Waals surface area contributed by atoms with E-state index in [-0.39, 0.29) is 4.32 Å². The van der Waals surface area contributed by atoms with Gasteiger partial charge in [0.25, 0.3) is 0 Å². The molecule has 1 radical (unpaired) electrons. The average molecular weight is 180 g/mol. The summed E-state index contributed by atoms with van der Waals surface area (Å²) < 4.78 is -0.234. The molecule has 0 N–H and O–H groups in total. The van der Waals surface area contributed by atoms with Crippen molar-refractivity contribution >= 4 is 15.9 Å². The molecule has 0 amide bonds. The number of hydrogen-bond acceptors (Lipinski definition) is 0. The first-order chi connectivity index (χ1) is 3.48. The molecular weight excluding hydrogens is 168 g/mol. The van der Waals surface area contributed by atoms with Crippen LogP contribution in [0.3, 0.4) is 0 Å². The largest absolute Gasteiger partial charge is 0.232 e. The summed E-state index contributed by atoms with van der Waals surface area (Å²) in [5.41, 5.74) is 0. The Hall–Kier alpha value is 0.440. The van der Waals surface area contributed by atoms with Gasteiger partial charge < -0.3 is 0 Å². The molecule has 49 valence electrons. The number of hydrogen-bond donors (Lipinski definition) is 0. The lowest BCUT2D eigenvalue weighted by atomic mass is 10.1.